The second kappa shape index (κ2) is 7.14. The van der Waals surface area contributed by atoms with Crippen LogP contribution in [0.25, 0.3) is 0 Å². The predicted octanol–water partition coefficient (Wildman–Crippen LogP) is 1.83. The largest absolute Gasteiger partial charge is 0.480 e. The SMILES string of the molecule is CCC(NC(=O)N[C@@H](C(=O)O)C(C)C)C(C)C. The number of carbonyl (C=O) groups is 2. The van der Waals surface area contributed by atoms with Gasteiger partial charge in [0.05, 0.1) is 0 Å². The van der Waals surface area contributed by atoms with Crippen LogP contribution in [0.5, 0.6) is 0 Å². The van der Waals surface area contributed by atoms with E-state index in [2.05, 4.69) is 10.6 Å². The molecular weight excluding hydrogens is 220 g/mol. The van der Waals surface area contributed by atoms with E-state index in [0.29, 0.717) is 5.92 Å². The van der Waals surface area contributed by atoms with Crippen molar-refractivity contribution in [1.29, 1.82) is 0 Å². The summed E-state index contributed by atoms with van der Waals surface area (Å²) in [5.41, 5.74) is 0. The van der Waals surface area contributed by atoms with Crippen LogP contribution in [0.1, 0.15) is 41.0 Å². The quantitative estimate of drug-likeness (QED) is 0.667. The fourth-order valence-corrected chi connectivity index (χ4v) is 1.60. The summed E-state index contributed by atoms with van der Waals surface area (Å²) in [5, 5.41) is 14.2. The zero-order chi connectivity index (χ0) is 13.6. The van der Waals surface area contributed by atoms with Gasteiger partial charge in [0.25, 0.3) is 0 Å². The maximum absolute atomic E-state index is 11.7. The fraction of sp³-hybridized carbons (Fsp3) is 0.833. The van der Waals surface area contributed by atoms with Crippen molar-refractivity contribution in [3.8, 4) is 0 Å². The van der Waals surface area contributed by atoms with Crippen molar-refractivity contribution in [2.24, 2.45) is 11.8 Å². The second-order valence-corrected chi connectivity index (χ2v) is 4.94. The molecule has 0 bridgehead atoms. The van der Waals surface area contributed by atoms with Crippen LogP contribution in [0.15, 0.2) is 0 Å². The molecule has 3 N–H and O–H groups in total. The van der Waals surface area contributed by atoms with Crippen LogP contribution in [-0.4, -0.2) is 29.2 Å². The molecule has 0 aliphatic heterocycles. The molecule has 0 spiro atoms. The first-order chi connectivity index (χ1) is 7.79. The molecule has 0 saturated carbocycles. The number of carboxylic acid groups (broad SMARTS) is 1. The number of carboxylic acids is 1. The van der Waals surface area contributed by atoms with Crippen LogP contribution >= 0.6 is 0 Å². The lowest BCUT2D eigenvalue weighted by atomic mass is 10.0. The highest BCUT2D eigenvalue weighted by atomic mass is 16.4. The van der Waals surface area contributed by atoms with Crippen molar-refractivity contribution in [1.82, 2.24) is 10.6 Å². The lowest BCUT2D eigenvalue weighted by Gasteiger charge is -2.23. The Bertz CT molecular complexity index is 264. The predicted molar refractivity (Wildman–Crippen MR) is 66.8 cm³/mol. The molecule has 100 valence electrons. The Labute approximate surface area is 103 Å². The zero-order valence-electron chi connectivity index (χ0n) is 11.3. The number of hydrogen-bond acceptors (Lipinski definition) is 2. The van der Waals surface area contributed by atoms with Crippen LogP contribution in [-0.2, 0) is 4.79 Å². The minimum Gasteiger partial charge on any atom is -0.480 e. The maximum atomic E-state index is 11.7. The molecule has 0 radical (unpaired) electrons. The van der Waals surface area contributed by atoms with Crippen molar-refractivity contribution in [2.75, 3.05) is 0 Å². The topological polar surface area (TPSA) is 78.4 Å². The van der Waals surface area contributed by atoms with Crippen molar-refractivity contribution < 1.29 is 14.7 Å². The van der Waals surface area contributed by atoms with E-state index in [1.807, 2.05) is 20.8 Å². The Morgan fingerprint density at radius 2 is 1.59 bits per heavy atom. The first-order valence-corrected chi connectivity index (χ1v) is 6.09. The third-order valence-electron chi connectivity index (χ3n) is 2.78. The van der Waals surface area contributed by atoms with Crippen LogP contribution in [0.2, 0.25) is 0 Å². The Morgan fingerprint density at radius 3 is 1.88 bits per heavy atom. The van der Waals surface area contributed by atoms with E-state index in [1.54, 1.807) is 13.8 Å². The van der Waals surface area contributed by atoms with E-state index in [9.17, 15) is 9.59 Å². The molecule has 2 atom stereocenters. The van der Waals surface area contributed by atoms with Crippen LogP contribution < -0.4 is 10.6 Å². The van der Waals surface area contributed by atoms with Gasteiger partial charge in [-0.2, -0.15) is 0 Å². The molecule has 0 aliphatic rings. The van der Waals surface area contributed by atoms with Gasteiger partial charge < -0.3 is 15.7 Å². The Hall–Kier alpha value is -1.26. The highest BCUT2D eigenvalue weighted by Crippen LogP contribution is 2.06. The highest BCUT2D eigenvalue weighted by Gasteiger charge is 2.24. The lowest BCUT2D eigenvalue weighted by molar-refractivity contribution is -0.140. The molecule has 0 saturated heterocycles. The van der Waals surface area contributed by atoms with Gasteiger partial charge in [-0.3, -0.25) is 0 Å². The van der Waals surface area contributed by atoms with E-state index in [1.165, 1.54) is 0 Å². The van der Waals surface area contributed by atoms with E-state index in [0.717, 1.165) is 6.42 Å². The zero-order valence-corrected chi connectivity index (χ0v) is 11.3. The summed E-state index contributed by atoms with van der Waals surface area (Å²) >= 11 is 0. The van der Waals surface area contributed by atoms with E-state index < -0.39 is 18.0 Å². The molecule has 0 aromatic rings. The molecule has 2 amide bonds. The number of rotatable bonds is 6. The van der Waals surface area contributed by atoms with Crippen LogP contribution in [0, 0.1) is 11.8 Å². The second-order valence-electron chi connectivity index (χ2n) is 4.94. The van der Waals surface area contributed by atoms with Gasteiger partial charge in [-0.1, -0.05) is 34.6 Å². The van der Waals surface area contributed by atoms with E-state index >= 15 is 0 Å². The molecule has 1 unspecified atom stereocenters. The van der Waals surface area contributed by atoms with Crippen molar-refractivity contribution in [3.05, 3.63) is 0 Å². The lowest BCUT2D eigenvalue weighted by Crippen LogP contribution is -2.51. The average molecular weight is 244 g/mol. The third-order valence-corrected chi connectivity index (χ3v) is 2.78. The van der Waals surface area contributed by atoms with E-state index in [-0.39, 0.29) is 12.0 Å². The first kappa shape index (κ1) is 15.7. The maximum Gasteiger partial charge on any atom is 0.326 e. The highest BCUT2D eigenvalue weighted by molar-refractivity contribution is 5.82. The van der Waals surface area contributed by atoms with Gasteiger partial charge in [-0.05, 0) is 18.3 Å². The molecule has 0 rings (SSSR count). The number of carbonyl (C=O) groups excluding carboxylic acids is 1. The van der Waals surface area contributed by atoms with Crippen molar-refractivity contribution >= 4 is 12.0 Å². The fourth-order valence-electron chi connectivity index (χ4n) is 1.60. The van der Waals surface area contributed by atoms with Gasteiger partial charge in [0, 0.05) is 6.04 Å². The molecule has 0 fully saturated rings. The number of amides is 2. The molecule has 5 heteroatoms. The van der Waals surface area contributed by atoms with Gasteiger partial charge in [-0.25, -0.2) is 9.59 Å². The molecule has 0 heterocycles. The van der Waals surface area contributed by atoms with Crippen molar-refractivity contribution in [2.45, 2.75) is 53.1 Å². The minimum atomic E-state index is -1.01. The summed E-state index contributed by atoms with van der Waals surface area (Å²) < 4.78 is 0. The van der Waals surface area contributed by atoms with Gasteiger partial charge >= 0.3 is 12.0 Å². The monoisotopic (exact) mass is 244 g/mol. The Morgan fingerprint density at radius 1 is 1.06 bits per heavy atom. The molecular formula is C12H24N2O3. The number of aliphatic carboxylic acids is 1. The third kappa shape index (κ3) is 5.56. The minimum absolute atomic E-state index is 0.0663. The number of urea groups is 1. The molecule has 0 aliphatic carbocycles. The number of hydrogen-bond donors (Lipinski definition) is 3. The molecule has 5 nitrogen and oxygen atoms in total. The summed E-state index contributed by atoms with van der Waals surface area (Å²) in [5.74, 6) is -0.821. The van der Waals surface area contributed by atoms with Gasteiger partial charge in [0.15, 0.2) is 0 Å². The molecule has 0 aromatic heterocycles. The normalized spacial score (nSPS) is 14.5. The summed E-state index contributed by atoms with van der Waals surface area (Å²) in [4.78, 5) is 22.6. The molecule has 0 aromatic carbocycles. The standard InChI is InChI=1S/C12H24N2O3/c1-6-9(7(2)3)13-12(17)14-10(8(4)5)11(15)16/h7-10H,6H2,1-5H3,(H,15,16)(H2,13,14,17)/t9?,10-/m1/s1. The smallest absolute Gasteiger partial charge is 0.326 e. The van der Waals surface area contributed by atoms with Gasteiger partial charge in [0.1, 0.15) is 6.04 Å². The van der Waals surface area contributed by atoms with Crippen LogP contribution in [0.4, 0.5) is 4.79 Å². The first-order valence-electron chi connectivity index (χ1n) is 6.09. The summed E-state index contributed by atoms with van der Waals surface area (Å²) in [6.07, 6.45) is 0.824. The van der Waals surface area contributed by atoms with Gasteiger partial charge in [0.2, 0.25) is 0 Å². The van der Waals surface area contributed by atoms with Gasteiger partial charge in [-0.15, -0.1) is 0 Å². The van der Waals surface area contributed by atoms with Crippen molar-refractivity contribution in [3.63, 3.8) is 0 Å². The van der Waals surface area contributed by atoms with E-state index in [4.69, 9.17) is 5.11 Å². The summed E-state index contributed by atoms with van der Waals surface area (Å²) in [6, 6.07) is -1.19. The number of nitrogens with one attached hydrogen (secondary N) is 2. The summed E-state index contributed by atoms with van der Waals surface area (Å²) in [7, 11) is 0. The van der Waals surface area contributed by atoms with Crippen LogP contribution in [0.3, 0.4) is 0 Å². The average Bonchev–Trinajstić information content (AvgIpc) is 2.21. The Kier molecular flexibility index (Phi) is 6.61. The molecule has 17 heavy (non-hydrogen) atoms. The summed E-state index contributed by atoms with van der Waals surface area (Å²) in [6.45, 7) is 9.55. The Balaban J connectivity index is 4.37.